The van der Waals surface area contributed by atoms with E-state index in [2.05, 4.69) is 29.8 Å². The molecule has 6 heteroatoms. The Morgan fingerprint density at radius 3 is 2.73 bits per heavy atom. The Bertz CT molecular complexity index is 709. The third-order valence-corrected chi connectivity index (χ3v) is 3.27. The van der Waals surface area contributed by atoms with Crippen LogP contribution in [-0.2, 0) is 6.54 Å². The molecule has 0 aromatic carbocycles. The number of pyridine rings is 1. The average molecular weight is 294 g/mol. The first kappa shape index (κ1) is 14.2. The average Bonchev–Trinajstić information content (AvgIpc) is 3.05. The molecule has 0 saturated carbocycles. The zero-order chi connectivity index (χ0) is 15.2. The van der Waals surface area contributed by atoms with Crippen molar-refractivity contribution >= 4 is 5.82 Å². The molecule has 22 heavy (non-hydrogen) atoms. The molecular weight excluding hydrogens is 276 g/mol. The van der Waals surface area contributed by atoms with Gasteiger partial charge in [-0.3, -0.25) is 4.98 Å². The highest BCUT2D eigenvalue weighted by molar-refractivity contribution is 5.61. The Balaban J connectivity index is 1.63. The first-order valence-electron chi connectivity index (χ1n) is 7.27. The lowest BCUT2D eigenvalue weighted by Crippen LogP contribution is -2.08. The molecule has 0 saturated heterocycles. The van der Waals surface area contributed by atoms with Crippen LogP contribution in [0, 0.1) is 6.92 Å². The van der Waals surface area contributed by atoms with Gasteiger partial charge in [-0.25, -0.2) is 15.0 Å². The maximum absolute atomic E-state index is 4.48. The van der Waals surface area contributed by atoms with E-state index in [0.29, 0.717) is 0 Å². The summed E-state index contributed by atoms with van der Waals surface area (Å²) in [5, 5.41) is 3.36. The summed E-state index contributed by atoms with van der Waals surface area (Å²) in [7, 11) is 0. The summed E-state index contributed by atoms with van der Waals surface area (Å²) in [6, 6.07) is 5.87. The van der Waals surface area contributed by atoms with Crippen LogP contribution in [0.3, 0.4) is 0 Å². The van der Waals surface area contributed by atoms with Gasteiger partial charge in [0.05, 0.1) is 12.0 Å². The topological polar surface area (TPSA) is 68.5 Å². The number of aromatic nitrogens is 5. The molecule has 0 aliphatic heterocycles. The minimum absolute atomic E-state index is 0.756. The summed E-state index contributed by atoms with van der Waals surface area (Å²) in [6.07, 6.45) is 10.1. The number of anilines is 1. The molecule has 0 aliphatic rings. The van der Waals surface area contributed by atoms with Crippen LogP contribution in [0.15, 0.2) is 49.3 Å². The molecular formula is C16H18N6. The van der Waals surface area contributed by atoms with E-state index in [-0.39, 0.29) is 0 Å². The van der Waals surface area contributed by atoms with Crippen molar-refractivity contribution in [2.75, 3.05) is 11.9 Å². The van der Waals surface area contributed by atoms with Crippen LogP contribution in [0.1, 0.15) is 12.2 Å². The third-order valence-electron chi connectivity index (χ3n) is 3.27. The van der Waals surface area contributed by atoms with Gasteiger partial charge >= 0.3 is 0 Å². The van der Waals surface area contributed by atoms with Crippen molar-refractivity contribution in [1.82, 2.24) is 24.5 Å². The van der Waals surface area contributed by atoms with Crippen molar-refractivity contribution in [1.29, 1.82) is 0 Å². The van der Waals surface area contributed by atoms with Crippen molar-refractivity contribution in [3.63, 3.8) is 0 Å². The summed E-state index contributed by atoms with van der Waals surface area (Å²) < 4.78 is 2.06. The van der Waals surface area contributed by atoms with Gasteiger partial charge in [0.2, 0.25) is 0 Å². The molecule has 3 aromatic heterocycles. The lowest BCUT2D eigenvalue weighted by Gasteiger charge is -2.09. The van der Waals surface area contributed by atoms with Crippen LogP contribution in [0.25, 0.3) is 11.3 Å². The second-order valence-electron chi connectivity index (χ2n) is 5.00. The molecule has 1 N–H and O–H groups in total. The summed E-state index contributed by atoms with van der Waals surface area (Å²) in [5.74, 6) is 1.61. The molecule has 3 aromatic rings. The summed E-state index contributed by atoms with van der Waals surface area (Å²) in [5.41, 5.74) is 1.95. The van der Waals surface area contributed by atoms with Crippen LogP contribution < -0.4 is 5.32 Å². The number of hydrogen-bond donors (Lipinski definition) is 1. The smallest absolute Gasteiger partial charge is 0.130 e. The van der Waals surface area contributed by atoms with E-state index in [1.54, 1.807) is 18.6 Å². The van der Waals surface area contributed by atoms with E-state index in [0.717, 1.165) is 42.4 Å². The highest BCUT2D eigenvalue weighted by atomic mass is 15.0. The molecule has 0 bridgehead atoms. The van der Waals surface area contributed by atoms with Gasteiger partial charge in [-0.2, -0.15) is 0 Å². The van der Waals surface area contributed by atoms with Gasteiger partial charge in [-0.1, -0.05) is 0 Å². The van der Waals surface area contributed by atoms with Crippen LogP contribution in [0.5, 0.6) is 0 Å². The predicted octanol–water partition coefficient (Wildman–Crippen LogP) is 2.55. The van der Waals surface area contributed by atoms with Crippen LogP contribution in [-0.4, -0.2) is 31.0 Å². The van der Waals surface area contributed by atoms with Crippen molar-refractivity contribution in [3.05, 3.63) is 55.1 Å². The zero-order valence-corrected chi connectivity index (χ0v) is 12.5. The van der Waals surface area contributed by atoms with E-state index in [1.807, 2.05) is 37.6 Å². The van der Waals surface area contributed by atoms with Crippen LogP contribution >= 0.6 is 0 Å². The number of nitrogens with one attached hydrogen (secondary N) is 1. The number of rotatable bonds is 6. The fraction of sp³-hybridized carbons (Fsp3) is 0.250. The van der Waals surface area contributed by atoms with E-state index in [9.17, 15) is 0 Å². The number of imidazole rings is 1. The summed E-state index contributed by atoms with van der Waals surface area (Å²) in [6.45, 7) is 3.69. The lowest BCUT2D eigenvalue weighted by atomic mass is 10.2. The first-order chi connectivity index (χ1) is 10.8. The normalized spacial score (nSPS) is 10.6. The Morgan fingerprint density at radius 2 is 1.95 bits per heavy atom. The standard InChI is InChI=1S/C16H18N6/c1-13-20-15(14-3-6-17-7-4-14)11-16(21-13)19-5-2-9-22-10-8-18-12-22/h3-4,6-8,10-12H,2,5,9H2,1H3,(H,19,20,21). The Hall–Kier alpha value is -2.76. The zero-order valence-electron chi connectivity index (χ0n) is 12.5. The molecule has 0 unspecified atom stereocenters. The predicted molar refractivity (Wildman–Crippen MR) is 85.3 cm³/mol. The summed E-state index contributed by atoms with van der Waals surface area (Å²) in [4.78, 5) is 17.0. The second kappa shape index (κ2) is 6.80. The van der Waals surface area contributed by atoms with Crippen LogP contribution in [0.2, 0.25) is 0 Å². The second-order valence-corrected chi connectivity index (χ2v) is 5.00. The highest BCUT2D eigenvalue weighted by Crippen LogP contribution is 2.18. The molecule has 0 fully saturated rings. The molecule has 0 spiro atoms. The maximum atomic E-state index is 4.48. The Labute approximate surface area is 129 Å². The van der Waals surface area contributed by atoms with Gasteiger partial charge < -0.3 is 9.88 Å². The third kappa shape index (κ3) is 3.66. The molecule has 6 nitrogen and oxygen atoms in total. The van der Waals surface area contributed by atoms with Crippen LogP contribution in [0.4, 0.5) is 5.82 Å². The number of nitrogens with zero attached hydrogens (tertiary/aromatic N) is 5. The van der Waals surface area contributed by atoms with E-state index in [4.69, 9.17) is 0 Å². The molecule has 0 aliphatic carbocycles. The molecule has 3 heterocycles. The Kier molecular flexibility index (Phi) is 4.38. The monoisotopic (exact) mass is 294 g/mol. The molecule has 3 rings (SSSR count). The van der Waals surface area contributed by atoms with Crippen molar-refractivity contribution in [2.24, 2.45) is 0 Å². The molecule has 112 valence electrons. The van der Waals surface area contributed by atoms with Gasteiger partial charge in [0.25, 0.3) is 0 Å². The van der Waals surface area contributed by atoms with Crippen molar-refractivity contribution in [2.45, 2.75) is 19.9 Å². The van der Waals surface area contributed by atoms with Gasteiger partial charge in [-0.05, 0) is 25.5 Å². The fourth-order valence-corrected chi connectivity index (χ4v) is 2.23. The van der Waals surface area contributed by atoms with Gasteiger partial charge in [0, 0.05) is 49.5 Å². The number of aryl methyl sites for hydroxylation is 2. The minimum Gasteiger partial charge on any atom is -0.370 e. The van der Waals surface area contributed by atoms with E-state index in [1.165, 1.54) is 0 Å². The SMILES string of the molecule is Cc1nc(NCCCn2ccnc2)cc(-c2ccncc2)n1. The highest BCUT2D eigenvalue weighted by Gasteiger charge is 2.04. The lowest BCUT2D eigenvalue weighted by molar-refractivity contribution is 0.660. The summed E-state index contributed by atoms with van der Waals surface area (Å²) >= 11 is 0. The van der Waals surface area contributed by atoms with Crippen molar-refractivity contribution < 1.29 is 0 Å². The van der Waals surface area contributed by atoms with Gasteiger partial charge in [0.1, 0.15) is 11.6 Å². The van der Waals surface area contributed by atoms with E-state index >= 15 is 0 Å². The first-order valence-corrected chi connectivity index (χ1v) is 7.27. The Morgan fingerprint density at radius 1 is 1.09 bits per heavy atom. The molecule has 0 amide bonds. The number of hydrogen-bond acceptors (Lipinski definition) is 5. The van der Waals surface area contributed by atoms with Gasteiger partial charge in [-0.15, -0.1) is 0 Å². The largest absolute Gasteiger partial charge is 0.370 e. The van der Waals surface area contributed by atoms with Crippen molar-refractivity contribution in [3.8, 4) is 11.3 Å². The maximum Gasteiger partial charge on any atom is 0.130 e. The molecule has 0 radical (unpaired) electrons. The fourth-order valence-electron chi connectivity index (χ4n) is 2.23. The quantitative estimate of drug-likeness (QED) is 0.708. The molecule has 0 atom stereocenters. The van der Waals surface area contributed by atoms with Gasteiger partial charge in [0.15, 0.2) is 0 Å². The minimum atomic E-state index is 0.756. The van der Waals surface area contributed by atoms with E-state index < -0.39 is 0 Å².